The third-order valence-corrected chi connectivity index (χ3v) is 1.90. The summed E-state index contributed by atoms with van der Waals surface area (Å²) in [7, 11) is -4.51. The molecule has 3 N–H and O–H groups in total. The molecule has 0 amide bonds. The number of benzene rings is 1. The van der Waals surface area contributed by atoms with Crippen molar-refractivity contribution in [1.82, 2.24) is 0 Å². The molecule has 7 nitrogen and oxygen atoms in total. The van der Waals surface area contributed by atoms with E-state index in [0.29, 0.717) is 0 Å². The van der Waals surface area contributed by atoms with Crippen LogP contribution in [0.5, 0.6) is 0 Å². The number of nitro groups is 1. The summed E-state index contributed by atoms with van der Waals surface area (Å²) in [6, 6.07) is 5.21. The molecule has 76 valence electrons. The van der Waals surface area contributed by atoms with Gasteiger partial charge in [0.2, 0.25) is 0 Å². The first-order valence-corrected chi connectivity index (χ1v) is 5.08. The van der Waals surface area contributed by atoms with E-state index in [1.54, 1.807) is 5.09 Å². The molecule has 0 aliphatic rings. The Morgan fingerprint density at radius 3 is 2.43 bits per heavy atom. The number of nitrogens with one attached hydrogen (secondary N) is 1. The standard InChI is InChI=1S/C6H7N2O5P/c9-8(10)6-4-2-1-3-5(6)7-14(11,12)13/h1-4H,(H3,7,11,12,13). The molecule has 0 heterocycles. The van der Waals surface area contributed by atoms with Crippen molar-refractivity contribution in [3.8, 4) is 0 Å². The van der Waals surface area contributed by atoms with Crippen molar-refractivity contribution in [2.24, 2.45) is 0 Å². The van der Waals surface area contributed by atoms with Crippen molar-refractivity contribution in [2.75, 3.05) is 5.09 Å². The first kappa shape index (κ1) is 10.6. The fraction of sp³-hybridized carbons (Fsp3) is 0. The van der Waals surface area contributed by atoms with E-state index in [0.717, 1.165) is 6.07 Å². The Balaban J connectivity index is 3.08. The average molecular weight is 218 g/mol. The molecule has 1 rings (SSSR count). The van der Waals surface area contributed by atoms with E-state index in [4.69, 9.17) is 9.79 Å². The third kappa shape index (κ3) is 2.81. The Morgan fingerprint density at radius 1 is 1.36 bits per heavy atom. The number of para-hydroxylation sites is 2. The molecule has 0 aliphatic heterocycles. The van der Waals surface area contributed by atoms with Gasteiger partial charge in [-0.15, -0.1) is 0 Å². The van der Waals surface area contributed by atoms with Crippen molar-refractivity contribution in [2.45, 2.75) is 0 Å². The van der Waals surface area contributed by atoms with Crippen LogP contribution in [0.1, 0.15) is 0 Å². The van der Waals surface area contributed by atoms with Crippen LogP contribution in [0.25, 0.3) is 0 Å². The van der Waals surface area contributed by atoms with Gasteiger partial charge in [0.1, 0.15) is 5.69 Å². The minimum absolute atomic E-state index is 0.203. The van der Waals surface area contributed by atoms with Gasteiger partial charge >= 0.3 is 7.75 Å². The van der Waals surface area contributed by atoms with Crippen molar-refractivity contribution in [3.63, 3.8) is 0 Å². The van der Waals surface area contributed by atoms with E-state index >= 15 is 0 Å². The van der Waals surface area contributed by atoms with Crippen LogP contribution < -0.4 is 5.09 Å². The van der Waals surface area contributed by atoms with Crippen molar-refractivity contribution in [3.05, 3.63) is 34.4 Å². The van der Waals surface area contributed by atoms with Gasteiger partial charge in [-0.3, -0.25) is 15.2 Å². The zero-order valence-corrected chi connectivity index (χ0v) is 7.72. The maximum atomic E-state index is 10.5. The Labute approximate surface area is 78.7 Å². The molecule has 0 atom stereocenters. The molecule has 0 saturated carbocycles. The van der Waals surface area contributed by atoms with Crippen LogP contribution in [-0.4, -0.2) is 14.7 Å². The summed E-state index contributed by atoms with van der Waals surface area (Å²) in [5.74, 6) is 0. The van der Waals surface area contributed by atoms with Gasteiger partial charge in [0, 0.05) is 6.07 Å². The highest BCUT2D eigenvalue weighted by molar-refractivity contribution is 7.53. The molecule has 0 saturated heterocycles. The van der Waals surface area contributed by atoms with E-state index in [1.807, 2.05) is 0 Å². The van der Waals surface area contributed by atoms with Crippen LogP contribution in [0.3, 0.4) is 0 Å². The first-order chi connectivity index (χ1) is 6.40. The molecule has 1 aromatic carbocycles. The van der Waals surface area contributed by atoms with Gasteiger partial charge in [-0.1, -0.05) is 12.1 Å². The normalized spacial score (nSPS) is 11.0. The lowest BCUT2D eigenvalue weighted by molar-refractivity contribution is -0.383. The molecule has 8 heteroatoms. The maximum Gasteiger partial charge on any atom is 0.427 e. The minimum atomic E-state index is -4.51. The van der Waals surface area contributed by atoms with E-state index in [2.05, 4.69) is 0 Å². The number of nitro benzene ring substituents is 1. The molecule has 0 fully saturated rings. The lowest BCUT2D eigenvalue weighted by Gasteiger charge is -2.07. The van der Waals surface area contributed by atoms with Gasteiger partial charge in [-0.25, -0.2) is 4.57 Å². The topological polar surface area (TPSA) is 113 Å². The van der Waals surface area contributed by atoms with E-state index in [-0.39, 0.29) is 11.4 Å². The quantitative estimate of drug-likeness (QED) is 0.397. The summed E-state index contributed by atoms with van der Waals surface area (Å²) in [6.07, 6.45) is 0. The summed E-state index contributed by atoms with van der Waals surface area (Å²) >= 11 is 0. The van der Waals surface area contributed by atoms with E-state index in [1.165, 1.54) is 18.2 Å². The predicted molar refractivity (Wildman–Crippen MR) is 48.8 cm³/mol. The maximum absolute atomic E-state index is 10.5. The lowest BCUT2D eigenvalue weighted by atomic mass is 10.3. The van der Waals surface area contributed by atoms with Gasteiger partial charge < -0.3 is 9.79 Å². The molecule has 0 unspecified atom stereocenters. The third-order valence-electron chi connectivity index (χ3n) is 1.37. The summed E-state index contributed by atoms with van der Waals surface area (Å²) in [6.45, 7) is 0. The highest BCUT2D eigenvalue weighted by atomic mass is 31.2. The lowest BCUT2D eigenvalue weighted by Crippen LogP contribution is -1.98. The molecule has 0 aromatic heterocycles. The van der Waals surface area contributed by atoms with Gasteiger partial charge in [-0.05, 0) is 6.07 Å². The fourth-order valence-electron chi connectivity index (χ4n) is 0.884. The summed E-state index contributed by atoms with van der Waals surface area (Å²) in [5.41, 5.74) is -0.582. The van der Waals surface area contributed by atoms with E-state index in [9.17, 15) is 14.7 Å². The summed E-state index contributed by atoms with van der Waals surface area (Å²) in [4.78, 5) is 26.8. The van der Waals surface area contributed by atoms with Crippen LogP contribution in [0.15, 0.2) is 24.3 Å². The second-order valence-corrected chi connectivity index (χ2v) is 3.74. The SMILES string of the molecule is O=[N+]([O-])c1ccccc1NP(=O)(O)O. The minimum Gasteiger partial charge on any atom is -0.308 e. The predicted octanol–water partition coefficient (Wildman–Crippen LogP) is 1.10. The highest BCUT2D eigenvalue weighted by Gasteiger charge is 2.19. The zero-order chi connectivity index (χ0) is 10.8. The number of hydrogen-bond acceptors (Lipinski definition) is 3. The molecular formula is C6H7N2O5P. The van der Waals surface area contributed by atoms with Gasteiger partial charge in [0.05, 0.1) is 4.92 Å². The number of rotatable bonds is 3. The van der Waals surface area contributed by atoms with Crippen molar-refractivity contribution >= 4 is 19.1 Å². The molecule has 1 aromatic rings. The smallest absolute Gasteiger partial charge is 0.308 e. The first-order valence-electron chi connectivity index (χ1n) is 3.47. The van der Waals surface area contributed by atoms with Crippen LogP contribution in [0, 0.1) is 10.1 Å². The molecule has 14 heavy (non-hydrogen) atoms. The molecular weight excluding hydrogens is 211 g/mol. The largest absolute Gasteiger partial charge is 0.427 e. The van der Waals surface area contributed by atoms with Crippen LogP contribution >= 0.6 is 7.75 Å². The van der Waals surface area contributed by atoms with Crippen LogP contribution in [-0.2, 0) is 4.57 Å². The monoisotopic (exact) mass is 218 g/mol. The number of hydrogen-bond donors (Lipinski definition) is 3. The second-order valence-electron chi connectivity index (χ2n) is 2.43. The highest BCUT2D eigenvalue weighted by Crippen LogP contribution is 2.38. The van der Waals surface area contributed by atoms with Crippen LogP contribution in [0.2, 0.25) is 0 Å². The Kier molecular flexibility index (Phi) is 2.85. The van der Waals surface area contributed by atoms with Gasteiger partial charge in [0.25, 0.3) is 5.69 Å². The van der Waals surface area contributed by atoms with Crippen molar-refractivity contribution in [1.29, 1.82) is 0 Å². The fourth-order valence-corrected chi connectivity index (χ4v) is 1.39. The Hall–Kier alpha value is -1.43. The number of nitrogens with zero attached hydrogens (tertiary/aromatic N) is 1. The van der Waals surface area contributed by atoms with Gasteiger partial charge in [0.15, 0.2) is 0 Å². The van der Waals surface area contributed by atoms with Crippen LogP contribution in [0.4, 0.5) is 11.4 Å². The summed E-state index contributed by atoms with van der Waals surface area (Å²) in [5, 5.41) is 12.2. The molecule has 0 radical (unpaired) electrons. The zero-order valence-electron chi connectivity index (χ0n) is 6.82. The molecule has 0 aliphatic carbocycles. The summed E-state index contributed by atoms with van der Waals surface area (Å²) < 4.78 is 10.5. The molecule has 0 spiro atoms. The average Bonchev–Trinajstić information content (AvgIpc) is 2.01. The Morgan fingerprint density at radius 2 is 1.93 bits per heavy atom. The van der Waals surface area contributed by atoms with Crippen molar-refractivity contribution < 1.29 is 19.3 Å². The number of anilines is 1. The van der Waals surface area contributed by atoms with Gasteiger partial charge in [-0.2, -0.15) is 0 Å². The molecule has 0 bridgehead atoms. The second kappa shape index (κ2) is 3.75. The Bertz CT molecular complexity index is 401. The van der Waals surface area contributed by atoms with E-state index < -0.39 is 12.7 Å².